The van der Waals surface area contributed by atoms with Gasteiger partial charge in [0, 0.05) is 24.3 Å². The first-order valence-corrected chi connectivity index (χ1v) is 6.92. The normalized spacial score (nSPS) is 11.8. The molecule has 112 valence electrons. The zero-order valence-electron chi connectivity index (χ0n) is 13.5. The molecule has 1 aromatic rings. The first kappa shape index (κ1) is 16.5. The van der Waals surface area contributed by atoms with Crippen LogP contribution in [0.15, 0.2) is 12.1 Å². The summed E-state index contributed by atoms with van der Waals surface area (Å²) in [6.07, 6.45) is 0. The monoisotopic (exact) mass is 277 g/mol. The number of aryl methyl sites for hydroxylation is 2. The van der Waals surface area contributed by atoms with E-state index in [0.29, 0.717) is 17.8 Å². The zero-order chi connectivity index (χ0) is 15.5. The van der Waals surface area contributed by atoms with E-state index in [2.05, 4.69) is 24.1 Å². The number of nitrogen functional groups attached to an aromatic ring is 1. The quantitative estimate of drug-likeness (QED) is 0.811. The fourth-order valence-electron chi connectivity index (χ4n) is 2.44. The van der Waals surface area contributed by atoms with Crippen LogP contribution in [0.4, 0.5) is 5.69 Å². The minimum Gasteiger partial charge on any atom is -0.398 e. The maximum absolute atomic E-state index is 12.3. The van der Waals surface area contributed by atoms with Crippen molar-refractivity contribution in [2.24, 2.45) is 5.41 Å². The Hall–Kier alpha value is -1.55. The van der Waals surface area contributed by atoms with Crippen molar-refractivity contribution < 1.29 is 4.79 Å². The molecular formula is C16H27N3O. The number of nitrogens with zero attached hydrogens (tertiary/aromatic N) is 1. The smallest absolute Gasteiger partial charge is 0.251 e. The highest BCUT2D eigenvalue weighted by Crippen LogP contribution is 2.19. The van der Waals surface area contributed by atoms with Gasteiger partial charge in [0.2, 0.25) is 0 Å². The van der Waals surface area contributed by atoms with E-state index in [1.165, 1.54) is 0 Å². The molecule has 1 aromatic carbocycles. The van der Waals surface area contributed by atoms with Gasteiger partial charge in [0.25, 0.3) is 5.91 Å². The van der Waals surface area contributed by atoms with Gasteiger partial charge >= 0.3 is 0 Å². The predicted molar refractivity (Wildman–Crippen MR) is 85.0 cm³/mol. The molecule has 0 spiro atoms. The Morgan fingerprint density at radius 2 is 1.85 bits per heavy atom. The molecule has 4 nitrogen and oxygen atoms in total. The van der Waals surface area contributed by atoms with Crippen molar-refractivity contribution in [3.63, 3.8) is 0 Å². The Bertz CT molecular complexity index is 493. The summed E-state index contributed by atoms with van der Waals surface area (Å²) in [7, 11) is 4.07. The molecule has 0 radical (unpaired) electrons. The van der Waals surface area contributed by atoms with Crippen LogP contribution in [0.25, 0.3) is 0 Å². The summed E-state index contributed by atoms with van der Waals surface area (Å²) in [5.41, 5.74) is 9.21. The highest BCUT2D eigenvalue weighted by atomic mass is 16.1. The van der Waals surface area contributed by atoms with E-state index < -0.39 is 0 Å². The number of anilines is 1. The molecule has 0 saturated heterocycles. The van der Waals surface area contributed by atoms with E-state index in [9.17, 15) is 4.79 Å². The van der Waals surface area contributed by atoms with Crippen LogP contribution in [0.1, 0.15) is 35.3 Å². The topological polar surface area (TPSA) is 58.4 Å². The maximum atomic E-state index is 12.3. The minimum absolute atomic E-state index is 0.0311. The van der Waals surface area contributed by atoms with Crippen molar-refractivity contribution in [1.82, 2.24) is 10.2 Å². The van der Waals surface area contributed by atoms with E-state index >= 15 is 0 Å². The fraction of sp³-hybridized carbons (Fsp3) is 0.562. The number of carbonyl (C=O) groups excluding carboxylic acids is 1. The number of rotatable bonds is 5. The number of benzene rings is 1. The lowest BCUT2D eigenvalue weighted by molar-refractivity contribution is 0.0928. The van der Waals surface area contributed by atoms with Crippen molar-refractivity contribution in [2.75, 3.05) is 32.9 Å². The third-order valence-corrected chi connectivity index (χ3v) is 3.33. The summed E-state index contributed by atoms with van der Waals surface area (Å²) >= 11 is 0. The number of hydrogen-bond donors (Lipinski definition) is 2. The summed E-state index contributed by atoms with van der Waals surface area (Å²) in [5, 5.41) is 3.01. The van der Waals surface area contributed by atoms with Crippen molar-refractivity contribution in [2.45, 2.75) is 27.7 Å². The molecule has 0 saturated carbocycles. The van der Waals surface area contributed by atoms with E-state index in [0.717, 1.165) is 17.7 Å². The van der Waals surface area contributed by atoms with Crippen LogP contribution in [-0.2, 0) is 0 Å². The standard InChI is InChI=1S/C16H27N3O/c1-11-7-12(2)14(17)8-13(11)15(20)18-9-16(3,4)10-19(5)6/h7-8H,9-10,17H2,1-6H3,(H,18,20). The Balaban J connectivity index is 2.75. The summed E-state index contributed by atoms with van der Waals surface area (Å²) < 4.78 is 0. The highest BCUT2D eigenvalue weighted by Gasteiger charge is 2.20. The van der Waals surface area contributed by atoms with Gasteiger partial charge in [-0.15, -0.1) is 0 Å². The van der Waals surface area contributed by atoms with Crippen LogP contribution >= 0.6 is 0 Å². The van der Waals surface area contributed by atoms with Crippen LogP contribution in [-0.4, -0.2) is 38.0 Å². The van der Waals surface area contributed by atoms with Crippen LogP contribution < -0.4 is 11.1 Å². The van der Waals surface area contributed by atoms with Crippen LogP contribution in [0.3, 0.4) is 0 Å². The van der Waals surface area contributed by atoms with Crippen LogP contribution in [0.5, 0.6) is 0 Å². The van der Waals surface area contributed by atoms with Gasteiger partial charge in [0.05, 0.1) is 0 Å². The van der Waals surface area contributed by atoms with E-state index in [-0.39, 0.29) is 11.3 Å². The Kier molecular flexibility index (Phi) is 5.17. The molecule has 0 aliphatic heterocycles. The molecule has 1 rings (SSSR count). The lowest BCUT2D eigenvalue weighted by atomic mass is 9.92. The van der Waals surface area contributed by atoms with E-state index in [1.807, 2.05) is 34.0 Å². The summed E-state index contributed by atoms with van der Waals surface area (Å²) in [6, 6.07) is 3.72. The molecule has 0 aliphatic rings. The first-order valence-electron chi connectivity index (χ1n) is 6.92. The average molecular weight is 277 g/mol. The molecule has 0 unspecified atom stereocenters. The van der Waals surface area contributed by atoms with Gasteiger partial charge in [-0.2, -0.15) is 0 Å². The molecule has 0 heterocycles. The van der Waals surface area contributed by atoms with Crippen LogP contribution in [0.2, 0.25) is 0 Å². The maximum Gasteiger partial charge on any atom is 0.251 e. The minimum atomic E-state index is -0.0546. The summed E-state index contributed by atoms with van der Waals surface area (Å²) in [5.74, 6) is -0.0546. The summed E-state index contributed by atoms with van der Waals surface area (Å²) in [4.78, 5) is 14.4. The largest absolute Gasteiger partial charge is 0.398 e. The number of amides is 1. The molecule has 0 aromatic heterocycles. The molecule has 1 amide bonds. The van der Waals surface area contributed by atoms with Gasteiger partial charge in [-0.25, -0.2) is 0 Å². The Morgan fingerprint density at radius 3 is 2.40 bits per heavy atom. The number of carbonyl (C=O) groups is 1. The second kappa shape index (κ2) is 6.27. The molecule has 4 heteroatoms. The molecule has 0 fully saturated rings. The lowest BCUT2D eigenvalue weighted by Gasteiger charge is -2.28. The Morgan fingerprint density at radius 1 is 1.25 bits per heavy atom. The molecule has 0 bridgehead atoms. The Labute approximate surface area is 122 Å². The number of hydrogen-bond acceptors (Lipinski definition) is 3. The molecule has 20 heavy (non-hydrogen) atoms. The van der Waals surface area contributed by atoms with Crippen molar-refractivity contribution in [3.8, 4) is 0 Å². The van der Waals surface area contributed by atoms with Gasteiger partial charge in [0.15, 0.2) is 0 Å². The second-order valence-electron chi connectivity index (χ2n) is 6.61. The third kappa shape index (κ3) is 4.53. The van der Waals surface area contributed by atoms with Gasteiger partial charge in [-0.3, -0.25) is 4.79 Å². The highest BCUT2D eigenvalue weighted by molar-refractivity contribution is 5.96. The SMILES string of the molecule is Cc1cc(C)c(C(=O)NCC(C)(C)CN(C)C)cc1N. The number of nitrogens with two attached hydrogens (primary N) is 1. The third-order valence-electron chi connectivity index (χ3n) is 3.33. The molecule has 0 aliphatic carbocycles. The number of nitrogens with one attached hydrogen (secondary N) is 1. The van der Waals surface area contributed by atoms with Gasteiger partial charge in [-0.1, -0.05) is 19.9 Å². The fourth-order valence-corrected chi connectivity index (χ4v) is 2.44. The summed E-state index contributed by atoms with van der Waals surface area (Å²) in [6.45, 7) is 9.73. The van der Waals surface area contributed by atoms with Crippen LogP contribution in [0, 0.1) is 19.3 Å². The molecule has 0 atom stereocenters. The van der Waals surface area contributed by atoms with E-state index in [4.69, 9.17) is 5.73 Å². The zero-order valence-corrected chi connectivity index (χ0v) is 13.5. The van der Waals surface area contributed by atoms with Crippen molar-refractivity contribution >= 4 is 11.6 Å². The molecule has 3 N–H and O–H groups in total. The first-order chi connectivity index (χ1) is 9.12. The van der Waals surface area contributed by atoms with Crippen molar-refractivity contribution in [1.29, 1.82) is 0 Å². The average Bonchev–Trinajstić information content (AvgIpc) is 2.29. The van der Waals surface area contributed by atoms with Gasteiger partial charge in [0.1, 0.15) is 0 Å². The predicted octanol–water partition coefficient (Wildman–Crippen LogP) is 2.20. The van der Waals surface area contributed by atoms with Gasteiger partial charge < -0.3 is 16.0 Å². The van der Waals surface area contributed by atoms with Gasteiger partial charge in [-0.05, 0) is 50.6 Å². The second-order valence-corrected chi connectivity index (χ2v) is 6.61. The van der Waals surface area contributed by atoms with E-state index in [1.54, 1.807) is 6.07 Å². The lowest BCUT2D eigenvalue weighted by Crippen LogP contribution is -2.40. The van der Waals surface area contributed by atoms with Crippen molar-refractivity contribution in [3.05, 3.63) is 28.8 Å². The molecular weight excluding hydrogens is 250 g/mol.